The number of hydrogen-bond donors (Lipinski definition) is 1. The highest BCUT2D eigenvalue weighted by molar-refractivity contribution is 5.43. The molecule has 1 N–H and O–H groups in total. The molecule has 2 heteroatoms. The lowest BCUT2D eigenvalue weighted by atomic mass is 10.2. The molecule has 15 heavy (non-hydrogen) atoms. The molecule has 0 spiro atoms. The Balaban J connectivity index is 0.00000128. The number of para-hydroxylation sites is 1. The van der Waals surface area contributed by atoms with Crippen molar-refractivity contribution in [3.8, 4) is 0 Å². The fourth-order valence-corrected chi connectivity index (χ4v) is 2.14. The number of benzene rings is 1. The number of rotatable bonds is 3. The summed E-state index contributed by atoms with van der Waals surface area (Å²) in [5, 5.41) is 3.58. The summed E-state index contributed by atoms with van der Waals surface area (Å²) in [4.78, 5) is 2.53. The molecule has 1 saturated heterocycles. The van der Waals surface area contributed by atoms with E-state index >= 15 is 0 Å². The maximum atomic E-state index is 3.58. The van der Waals surface area contributed by atoms with Crippen molar-refractivity contribution in [3.05, 3.63) is 30.3 Å². The van der Waals surface area contributed by atoms with E-state index in [2.05, 4.69) is 54.4 Å². The maximum Gasteiger partial charge on any atom is 0.0400 e. The molecule has 0 radical (unpaired) electrons. The molecule has 0 aliphatic carbocycles. The van der Waals surface area contributed by atoms with Crippen LogP contribution in [0.25, 0.3) is 0 Å². The Kier molecular flexibility index (Phi) is 3.27. The molecular formula is C13H22N2. The number of anilines is 1. The highest BCUT2D eigenvalue weighted by Gasteiger charge is 2.23. The van der Waals surface area contributed by atoms with Crippen LogP contribution in [-0.2, 0) is 0 Å². The molecule has 1 heterocycles. The van der Waals surface area contributed by atoms with Gasteiger partial charge in [0.15, 0.2) is 0 Å². The summed E-state index contributed by atoms with van der Waals surface area (Å²) in [6, 6.07) is 11.8. The van der Waals surface area contributed by atoms with Gasteiger partial charge in [0, 0.05) is 32.3 Å². The van der Waals surface area contributed by atoms with Crippen LogP contribution in [-0.4, -0.2) is 30.1 Å². The lowest BCUT2D eigenvalue weighted by Crippen LogP contribution is -2.31. The molecule has 0 saturated carbocycles. The molecule has 2 nitrogen and oxygen atoms in total. The van der Waals surface area contributed by atoms with Crippen molar-refractivity contribution >= 4 is 5.69 Å². The molecule has 1 atom stereocenters. The van der Waals surface area contributed by atoms with Crippen LogP contribution in [0.4, 0.5) is 5.69 Å². The molecule has 0 aromatic heterocycles. The Morgan fingerprint density at radius 3 is 2.67 bits per heavy atom. The second-order valence-corrected chi connectivity index (χ2v) is 4.58. The van der Waals surface area contributed by atoms with Crippen molar-refractivity contribution in [2.24, 2.45) is 0 Å². The van der Waals surface area contributed by atoms with Gasteiger partial charge in [0.1, 0.15) is 0 Å². The van der Waals surface area contributed by atoms with E-state index in [1.165, 1.54) is 25.2 Å². The van der Waals surface area contributed by atoms with E-state index in [4.69, 9.17) is 0 Å². The van der Waals surface area contributed by atoms with Crippen LogP contribution in [0.2, 0.25) is 0 Å². The zero-order chi connectivity index (χ0) is 10.7. The minimum Gasteiger partial charge on any atom is -0.381 e. The number of likely N-dealkylation sites (tertiary alicyclic amines) is 1. The summed E-state index contributed by atoms with van der Waals surface area (Å²) in [6.45, 7) is 6.94. The van der Waals surface area contributed by atoms with Crippen molar-refractivity contribution < 1.29 is 1.43 Å². The van der Waals surface area contributed by atoms with E-state index in [1.54, 1.807) is 0 Å². The van der Waals surface area contributed by atoms with Gasteiger partial charge in [-0.1, -0.05) is 18.2 Å². The van der Waals surface area contributed by atoms with Crippen molar-refractivity contribution in [3.63, 3.8) is 0 Å². The summed E-state index contributed by atoms with van der Waals surface area (Å²) in [7, 11) is 0. The monoisotopic (exact) mass is 206 g/mol. The molecule has 1 aromatic rings. The summed E-state index contributed by atoms with van der Waals surface area (Å²) in [5.41, 5.74) is 1.24. The number of hydrogen-bond acceptors (Lipinski definition) is 2. The van der Waals surface area contributed by atoms with Crippen LogP contribution in [0, 0.1) is 0 Å². The molecule has 1 aromatic carbocycles. The molecule has 0 amide bonds. The molecule has 2 rings (SSSR count). The van der Waals surface area contributed by atoms with E-state index in [0.29, 0.717) is 12.1 Å². The summed E-state index contributed by atoms with van der Waals surface area (Å²) < 4.78 is 0. The van der Waals surface area contributed by atoms with Crippen LogP contribution in [0.1, 0.15) is 21.7 Å². The van der Waals surface area contributed by atoms with Crippen LogP contribution < -0.4 is 5.32 Å². The Morgan fingerprint density at radius 2 is 2.07 bits per heavy atom. The second-order valence-electron chi connectivity index (χ2n) is 4.58. The summed E-state index contributed by atoms with van der Waals surface area (Å²) in [5.74, 6) is 0. The van der Waals surface area contributed by atoms with E-state index in [1.807, 2.05) is 0 Å². The minimum atomic E-state index is 0. The summed E-state index contributed by atoms with van der Waals surface area (Å²) >= 11 is 0. The fourth-order valence-electron chi connectivity index (χ4n) is 2.14. The first-order valence-electron chi connectivity index (χ1n) is 5.81. The average Bonchev–Trinajstić information content (AvgIpc) is 2.68. The van der Waals surface area contributed by atoms with Gasteiger partial charge in [0.2, 0.25) is 0 Å². The first kappa shape index (κ1) is 10.5. The van der Waals surface area contributed by atoms with Gasteiger partial charge in [0.05, 0.1) is 0 Å². The van der Waals surface area contributed by atoms with Crippen molar-refractivity contribution in [1.82, 2.24) is 4.90 Å². The first-order valence-corrected chi connectivity index (χ1v) is 5.81. The van der Waals surface area contributed by atoms with Crippen molar-refractivity contribution in [2.75, 3.05) is 18.4 Å². The minimum absolute atomic E-state index is 0. The quantitative estimate of drug-likeness (QED) is 0.818. The summed E-state index contributed by atoms with van der Waals surface area (Å²) in [6.07, 6.45) is 1.26. The molecular weight excluding hydrogens is 184 g/mol. The Bertz CT molecular complexity index is 300. The number of nitrogens with zero attached hydrogens (tertiary/aromatic N) is 1. The van der Waals surface area contributed by atoms with Crippen LogP contribution in [0.15, 0.2) is 30.3 Å². The third kappa shape index (κ3) is 2.72. The maximum absolute atomic E-state index is 3.58. The lowest BCUT2D eigenvalue weighted by Gasteiger charge is -2.20. The smallest absolute Gasteiger partial charge is 0.0400 e. The third-order valence-corrected chi connectivity index (χ3v) is 3.09. The van der Waals surface area contributed by atoms with Gasteiger partial charge in [-0.05, 0) is 32.4 Å². The molecule has 1 fully saturated rings. The van der Waals surface area contributed by atoms with Gasteiger partial charge in [-0.3, -0.25) is 4.90 Å². The van der Waals surface area contributed by atoms with Crippen LogP contribution >= 0.6 is 0 Å². The first-order chi connectivity index (χ1) is 7.25. The molecule has 1 aliphatic rings. The molecule has 0 unspecified atom stereocenters. The third-order valence-electron chi connectivity index (χ3n) is 3.09. The molecule has 1 aliphatic heterocycles. The average molecular weight is 206 g/mol. The van der Waals surface area contributed by atoms with Crippen LogP contribution in [0.5, 0.6) is 0 Å². The predicted octanol–water partition coefficient (Wildman–Crippen LogP) is 2.83. The normalized spacial score (nSPS) is 22.2. The Morgan fingerprint density at radius 1 is 1.33 bits per heavy atom. The highest BCUT2D eigenvalue weighted by Crippen LogP contribution is 2.17. The van der Waals surface area contributed by atoms with Gasteiger partial charge in [0.25, 0.3) is 0 Å². The number of nitrogens with one attached hydrogen (secondary N) is 1. The van der Waals surface area contributed by atoms with Gasteiger partial charge < -0.3 is 5.32 Å². The van der Waals surface area contributed by atoms with E-state index in [-0.39, 0.29) is 1.43 Å². The van der Waals surface area contributed by atoms with Gasteiger partial charge in [-0.2, -0.15) is 0 Å². The second kappa shape index (κ2) is 4.67. The SMILES string of the molecule is CC(C)N1CC[C@@H](Nc2ccccc2)C1.[HH]. The Labute approximate surface area is 93.8 Å². The molecule has 84 valence electrons. The zero-order valence-corrected chi connectivity index (χ0v) is 9.61. The van der Waals surface area contributed by atoms with E-state index < -0.39 is 0 Å². The van der Waals surface area contributed by atoms with E-state index in [9.17, 15) is 0 Å². The van der Waals surface area contributed by atoms with Crippen LogP contribution in [0.3, 0.4) is 0 Å². The van der Waals surface area contributed by atoms with Gasteiger partial charge in [-0.15, -0.1) is 0 Å². The molecule has 0 bridgehead atoms. The lowest BCUT2D eigenvalue weighted by molar-refractivity contribution is 0.274. The largest absolute Gasteiger partial charge is 0.381 e. The predicted molar refractivity (Wildman–Crippen MR) is 67.3 cm³/mol. The van der Waals surface area contributed by atoms with Gasteiger partial charge in [-0.25, -0.2) is 0 Å². The van der Waals surface area contributed by atoms with Crippen molar-refractivity contribution in [2.45, 2.75) is 32.4 Å². The fraction of sp³-hybridized carbons (Fsp3) is 0.538. The topological polar surface area (TPSA) is 15.3 Å². The zero-order valence-electron chi connectivity index (χ0n) is 9.61. The van der Waals surface area contributed by atoms with E-state index in [0.717, 1.165) is 0 Å². The van der Waals surface area contributed by atoms with Gasteiger partial charge >= 0.3 is 0 Å². The Hall–Kier alpha value is -1.02. The highest BCUT2D eigenvalue weighted by atomic mass is 15.2. The standard InChI is InChI=1S/C13H20N2.H2/c1-11(2)15-9-8-13(10-15)14-12-6-4-3-5-7-12;/h3-7,11,13-14H,8-10H2,1-2H3;1H/t13-;/m1./s1. The van der Waals surface area contributed by atoms with Crippen molar-refractivity contribution in [1.29, 1.82) is 0 Å².